The molecule has 0 aliphatic heterocycles. The Bertz CT molecular complexity index is 1390. The maximum absolute atomic E-state index is 13.9. The zero-order chi connectivity index (χ0) is 22.1. The molecule has 0 radical (unpaired) electrons. The first kappa shape index (κ1) is 19.9. The summed E-state index contributed by atoms with van der Waals surface area (Å²) in [4.78, 5) is 9.32. The monoisotopic (exact) mass is 427 g/mol. The van der Waals surface area contributed by atoms with E-state index in [1.807, 2.05) is 65.2 Å². The second kappa shape index (κ2) is 8.23. The van der Waals surface area contributed by atoms with Crippen LogP contribution in [0, 0.1) is 11.6 Å². The van der Waals surface area contributed by atoms with Crippen molar-refractivity contribution in [2.24, 2.45) is 0 Å². The van der Waals surface area contributed by atoms with Crippen molar-refractivity contribution in [1.82, 2.24) is 14.5 Å². The smallest absolute Gasteiger partial charge is 0.178 e. The van der Waals surface area contributed by atoms with Gasteiger partial charge in [-0.15, -0.1) is 0 Å². The van der Waals surface area contributed by atoms with Crippen LogP contribution in [0.25, 0.3) is 33.7 Å². The van der Waals surface area contributed by atoms with Crippen molar-refractivity contribution in [2.45, 2.75) is 6.54 Å². The molecule has 0 saturated carbocycles. The van der Waals surface area contributed by atoms with Gasteiger partial charge >= 0.3 is 0 Å². The molecule has 0 aliphatic rings. The van der Waals surface area contributed by atoms with Gasteiger partial charge in [0.1, 0.15) is 23.2 Å². The number of ether oxygens (including phenoxy) is 1. The predicted octanol–water partition coefficient (Wildman–Crippen LogP) is 6.10. The van der Waals surface area contributed by atoms with E-state index in [0.29, 0.717) is 22.8 Å². The topological polar surface area (TPSA) is 39.9 Å². The first-order valence-corrected chi connectivity index (χ1v) is 10.1. The zero-order valence-electron chi connectivity index (χ0n) is 17.3. The molecule has 0 N–H and O–H groups in total. The maximum Gasteiger partial charge on any atom is 0.178 e. The van der Waals surface area contributed by atoms with Gasteiger partial charge in [0.25, 0.3) is 0 Å². The molecule has 0 fully saturated rings. The molecule has 0 saturated heterocycles. The van der Waals surface area contributed by atoms with Gasteiger partial charge in [-0.1, -0.05) is 42.5 Å². The number of hydrogen-bond donors (Lipinski definition) is 0. The molecule has 0 unspecified atom stereocenters. The van der Waals surface area contributed by atoms with Crippen LogP contribution in [0.5, 0.6) is 5.75 Å². The third-order valence-corrected chi connectivity index (χ3v) is 5.30. The lowest BCUT2D eigenvalue weighted by Crippen LogP contribution is -2.03. The van der Waals surface area contributed by atoms with Crippen LogP contribution < -0.4 is 4.74 Å². The number of fused-ring (bicyclic) bond motifs is 1. The highest BCUT2D eigenvalue weighted by Gasteiger charge is 2.16. The molecular formula is C26H19F2N3O. The number of pyridine rings is 1. The van der Waals surface area contributed by atoms with E-state index < -0.39 is 11.6 Å². The summed E-state index contributed by atoms with van der Waals surface area (Å²) in [6.07, 6.45) is 1.78. The standard InChI is InChI=1S/C26H19F2N3O/c1-32-23-9-5-8-19(12-23)26-30-25-24(13-20(15-29-25)18-6-3-2-4-7-18)31(26)16-17-10-21(27)14-22(28)11-17/h2-15H,16H2,1H3. The molecule has 158 valence electrons. The molecule has 0 bridgehead atoms. The Balaban J connectivity index is 1.71. The van der Waals surface area contributed by atoms with Crippen LogP contribution in [-0.2, 0) is 6.54 Å². The lowest BCUT2D eigenvalue weighted by atomic mass is 10.1. The Morgan fingerprint density at radius 2 is 1.56 bits per heavy atom. The number of rotatable bonds is 5. The molecule has 5 aromatic rings. The minimum atomic E-state index is -0.615. The molecule has 4 nitrogen and oxygen atoms in total. The molecule has 6 heteroatoms. The number of halogens is 2. The number of benzene rings is 3. The van der Waals surface area contributed by atoms with Crippen LogP contribution in [0.15, 0.2) is 85.1 Å². The van der Waals surface area contributed by atoms with Gasteiger partial charge < -0.3 is 9.30 Å². The van der Waals surface area contributed by atoms with Gasteiger partial charge in [0.2, 0.25) is 0 Å². The molecule has 2 aromatic heterocycles. The van der Waals surface area contributed by atoms with Crippen molar-refractivity contribution in [3.63, 3.8) is 0 Å². The Kier molecular flexibility index (Phi) is 5.11. The van der Waals surface area contributed by atoms with E-state index in [2.05, 4.69) is 4.98 Å². The minimum absolute atomic E-state index is 0.234. The summed E-state index contributed by atoms with van der Waals surface area (Å²) in [6.45, 7) is 0.234. The first-order valence-electron chi connectivity index (χ1n) is 10.1. The molecular weight excluding hydrogens is 408 g/mol. The largest absolute Gasteiger partial charge is 0.497 e. The van der Waals surface area contributed by atoms with Gasteiger partial charge in [-0.3, -0.25) is 0 Å². The van der Waals surface area contributed by atoms with E-state index in [0.717, 1.165) is 28.3 Å². The van der Waals surface area contributed by atoms with Crippen molar-refractivity contribution in [3.05, 3.63) is 102 Å². The fourth-order valence-corrected chi connectivity index (χ4v) is 3.82. The van der Waals surface area contributed by atoms with Crippen molar-refractivity contribution in [2.75, 3.05) is 7.11 Å². The number of aromatic nitrogens is 3. The van der Waals surface area contributed by atoms with Gasteiger partial charge in [0.15, 0.2) is 5.65 Å². The number of hydrogen-bond acceptors (Lipinski definition) is 3. The third-order valence-electron chi connectivity index (χ3n) is 5.30. The third kappa shape index (κ3) is 3.83. The van der Waals surface area contributed by atoms with Crippen LogP contribution in [0.3, 0.4) is 0 Å². The van der Waals surface area contributed by atoms with Gasteiger partial charge in [0, 0.05) is 29.9 Å². The highest BCUT2D eigenvalue weighted by atomic mass is 19.1. The van der Waals surface area contributed by atoms with E-state index in [1.165, 1.54) is 12.1 Å². The van der Waals surface area contributed by atoms with Crippen LogP contribution in [0.1, 0.15) is 5.56 Å². The van der Waals surface area contributed by atoms with Crippen LogP contribution >= 0.6 is 0 Å². The summed E-state index contributed by atoms with van der Waals surface area (Å²) in [6, 6.07) is 23.0. The second-order valence-electron chi connectivity index (χ2n) is 7.46. The average Bonchev–Trinajstić information content (AvgIpc) is 3.16. The molecule has 0 aliphatic carbocycles. The molecule has 5 rings (SSSR count). The van der Waals surface area contributed by atoms with Gasteiger partial charge in [-0.05, 0) is 41.5 Å². The summed E-state index contributed by atoms with van der Waals surface area (Å²) >= 11 is 0. The second-order valence-corrected chi connectivity index (χ2v) is 7.46. The molecule has 0 amide bonds. The molecule has 3 aromatic carbocycles. The lowest BCUT2D eigenvalue weighted by Gasteiger charge is -2.11. The first-order chi connectivity index (χ1) is 15.6. The van der Waals surface area contributed by atoms with Crippen molar-refractivity contribution in [1.29, 1.82) is 0 Å². The van der Waals surface area contributed by atoms with Gasteiger partial charge in [-0.2, -0.15) is 0 Å². The normalized spacial score (nSPS) is 11.1. The van der Waals surface area contributed by atoms with E-state index in [-0.39, 0.29) is 6.54 Å². The van der Waals surface area contributed by atoms with Crippen LogP contribution in [-0.4, -0.2) is 21.6 Å². The Morgan fingerprint density at radius 3 is 2.31 bits per heavy atom. The number of methoxy groups -OCH3 is 1. The Morgan fingerprint density at radius 1 is 0.812 bits per heavy atom. The SMILES string of the molecule is COc1cccc(-c2nc3ncc(-c4ccccc4)cc3n2Cc2cc(F)cc(F)c2)c1. The van der Waals surface area contributed by atoms with E-state index in [1.54, 1.807) is 13.3 Å². The molecule has 32 heavy (non-hydrogen) atoms. The number of nitrogens with zero attached hydrogens (tertiary/aromatic N) is 3. The highest BCUT2D eigenvalue weighted by molar-refractivity contribution is 5.82. The highest BCUT2D eigenvalue weighted by Crippen LogP contribution is 2.30. The van der Waals surface area contributed by atoms with E-state index >= 15 is 0 Å². The lowest BCUT2D eigenvalue weighted by molar-refractivity contribution is 0.415. The molecule has 0 spiro atoms. The molecule has 0 atom stereocenters. The van der Waals surface area contributed by atoms with Gasteiger partial charge in [-0.25, -0.2) is 18.7 Å². The minimum Gasteiger partial charge on any atom is -0.497 e. The average molecular weight is 427 g/mol. The number of imidazole rings is 1. The molecule has 2 heterocycles. The van der Waals surface area contributed by atoms with Crippen LogP contribution in [0.4, 0.5) is 8.78 Å². The summed E-state index contributed by atoms with van der Waals surface area (Å²) < 4.78 is 35.1. The fourth-order valence-electron chi connectivity index (χ4n) is 3.82. The predicted molar refractivity (Wildman–Crippen MR) is 120 cm³/mol. The summed E-state index contributed by atoms with van der Waals surface area (Å²) in [5, 5.41) is 0. The Labute approximate surface area is 183 Å². The van der Waals surface area contributed by atoms with E-state index in [4.69, 9.17) is 9.72 Å². The van der Waals surface area contributed by atoms with E-state index in [9.17, 15) is 8.78 Å². The maximum atomic E-state index is 13.9. The zero-order valence-corrected chi connectivity index (χ0v) is 17.3. The summed E-state index contributed by atoms with van der Waals surface area (Å²) in [5.74, 6) is 0.100. The van der Waals surface area contributed by atoms with Crippen molar-refractivity contribution in [3.8, 4) is 28.3 Å². The quantitative estimate of drug-likeness (QED) is 0.340. The summed E-state index contributed by atoms with van der Waals surface area (Å²) in [7, 11) is 1.60. The fraction of sp³-hybridized carbons (Fsp3) is 0.0769. The van der Waals surface area contributed by atoms with Crippen LogP contribution in [0.2, 0.25) is 0 Å². The summed E-state index contributed by atoms with van der Waals surface area (Å²) in [5.41, 5.74) is 4.60. The van der Waals surface area contributed by atoms with Gasteiger partial charge in [0.05, 0.1) is 12.6 Å². The van der Waals surface area contributed by atoms with Crippen molar-refractivity contribution < 1.29 is 13.5 Å². The van der Waals surface area contributed by atoms with Crippen molar-refractivity contribution >= 4 is 11.2 Å². The Hall–Kier alpha value is -4.06.